The van der Waals surface area contributed by atoms with Gasteiger partial charge < -0.3 is 15.0 Å². The molecule has 2 aliphatic heterocycles. The zero-order valence-corrected chi connectivity index (χ0v) is 22.0. The van der Waals surface area contributed by atoms with Crippen LogP contribution in [0.5, 0.6) is 0 Å². The number of carbonyl (C=O) groups excluding carboxylic acids is 1. The first-order valence-corrected chi connectivity index (χ1v) is 14.0. The second-order valence-corrected chi connectivity index (χ2v) is 12.5. The fraction of sp³-hybridized carbons (Fsp3) is 0.964. The van der Waals surface area contributed by atoms with Crippen molar-refractivity contribution in [3.8, 4) is 0 Å². The van der Waals surface area contributed by atoms with Gasteiger partial charge in [0.1, 0.15) is 5.72 Å². The molecule has 3 fully saturated rings. The Hall–Kier alpha value is -0.610. The van der Waals surface area contributed by atoms with Gasteiger partial charge in [0, 0.05) is 30.5 Å². The molecule has 32 heavy (non-hydrogen) atoms. The molecule has 4 nitrogen and oxygen atoms in total. The summed E-state index contributed by atoms with van der Waals surface area (Å²) in [6, 6.07) is 0. The van der Waals surface area contributed by atoms with Gasteiger partial charge >= 0.3 is 0 Å². The molecule has 0 radical (unpaired) electrons. The number of hydrogen-bond acceptors (Lipinski definition) is 3. The molecule has 3 aliphatic rings. The maximum absolute atomic E-state index is 14.2. The van der Waals surface area contributed by atoms with Gasteiger partial charge in [-0.1, -0.05) is 71.1 Å². The normalized spacial score (nSPS) is 27.9. The van der Waals surface area contributed by atoms with Gasteiger partial charge in [0.05, 0.1) is 0 Å². The summed E-state index contributed by atoms with van der Waals surface area (Å²) in [7, 11) is 0. The van der Waals surface area contributed by atoms with E-state index in [0.29, 0.717) is 5.91 Å². The van der Waals surface area contributed by atoms with E-state index in [9.17, 15) is 4.79 Å². The van der Waals surface area contributed by atoms with Crippen molar-refractivity contribution in [2.75, 3.05) is 6.54 Å². The van der Waals surface area contributed by atoms with Gasteiger partial charge in [-0.25, -0.2) is 0 Å². The van der Waals surface area contributed by atoms with E-state index in [2.05, 4.69) is 44.8 Å². The molecule has 1 saturated carbocycles. The number of carbonyl (C=O) groups is 1. The predicted octanol–water partition coefficient (Wildman–Crippen LogP) is 7.11. The number of ether oxygens (including phenoxy) is 1. The number of hydrogen-bond donors (Lipinski definition) is 1. The van der Waals surface area contributed by atoms with Crippen molar-refractivity contribution in [1.82, 2.24) is 10.2 Å². The highest BCUT2D eigenvalue weighted by Gasteiger charge is 2.64. The average molecular weight is 449 g/mol. The Morgan fingerprint density at radius 3 is 1.78 bits per heavy atom. The summed E-state index contributed by atoms with van der Waals surface area (Å²) in [5.41, 5.74) is -1.27. The van der Waals surface area contributed by atoms with Crippen LogP contribution in [-0.4, -0.2) is 39.8 Å². The van der Waals surface area contributed by atoms with Gasteiger partial charge in [-0.2, -0.15) is 0 Å². The smallest absolute Gasteiger partial charge is 0.257 e. The Kier molecular flexibility index (Phi) is 8.74. The molecule has 0 atom stereocenters. The van der Waals surface area contributed by atoms with Crippen LogP contribution in [0.2, 0.25) is 0 Å². The Bertz CT molecular complexity index is 585. The number of nitrogens with one attached hydrogen (secondary N) is 1. The molecule has 2 saturated heterocycles. The highest BCUT2D eigenvalue weighted by atomic mass is 16.6. The quantitative estimate of drug-likeness (QED) is 0.456. The molecule has 1 N–H and O–H groups in total. The summed E-state index contributed by atoms with van der Waals surface area (Å²) >= 11 is 0. The largest absolute Gasteiger partial charge is 0.339 e. The summed E-state index contributed by atoms with van der Waals surface area (Å²) in [5.74, 6) is 0.295. The molecule has 2 spiro atoms. The van der Waals surface area contributed by atoms with Gasteiger partial charge in [0.25, 0.3) is 5.91 Å². The zero-order valence-electron chi connectivity index (χ0n) is 22.0. The SMILES string of the molecule is CCCCCCN1C(=O)C2(CC(C)(C)NC(C)(C)C2)OC12CCCCCCCCCCC2. The van der Waals surface area contributed by atoms with Crippen molar-refractivity contribution < 1.29 is 9.53 Å². The molecule has 0 bridgehead atoms. The second-order valence-electron chi connectivity index (χ2n) is 12.5. The predicted molar refractivity (Wildman–Crippen MR) is 134 cm³/mol. The van der Waals surface area contributed by atoms with Gasteiger partial charge in [-0.15, -0.1) is 0 Å². The van der Waals surface area contributed by atoms with Crippen LogP contribution in [0.25, 0.3) is 0 Å². The molecule has 0 aromatic carbocycles. The standard InChI is InChI=1S/C28H52N2O2/c1-6-7-8-18-21-30-24(31)27(22-25(2,3)29-26(4,5)23-27)32-28(30)19-16-14-12-10-9-11-13-15-17-20-28/h29H,6-23H2,1-5H3. The van der Waals surface area contributed by atoms with E-state index < -0.39 is 5.60 Å². The molecular weight excluding hydrogens is 396 g/mol. The molecule has 0 aromatic heterocycles. The Morgan fingerprint density at radius 1 is 0.781 bits per heavy atom. The minimum Gasteiger partial charge on any atom is -0.339 e. The van der Waals surface area contributed by atoms with E-state index in [1.165, 1.54) is 77.0 Å². The van der Waals surface area contributed by atoms with Crippen molar-refractivity contribution in [3.05, 3.63) is 0 Å². The van der Waals surface area contributed by atoms with Crippen LogP contribution in [0.1, 0.15) is 144 Å². The maximum atomic E-state index is 14.2. The number of rotatable bonds is 5. The van der Waals surface area contributed by atoms with E-state index in [-0.39, 0.29) is 16.8 Å². The van der Waals surface area contributed by atoms with Crippen LogP contribution in [0.15, 0.2) is 0 Å². The van der Waals surface area contributed by atoms with Crippen LogP contribution < -0.4 is 5.32 Å². The first kappa shape index (κ1) is 26.0. The first-order chi connectivity index (χ1) is 15.1. The van der Waals surface area contributed by atoms with E-state index in [1.54, 1.807) is 0 Å². The highest BCUT2D eigenvalue weighted by Crippen LogP contribution is 2.50. The number of amides is 1. The van der Waals surface area contributed by atoms with Gasteiger partial charge in [0.2, 0.25) is 0 Å². The molecule has 1 aliphatic carbocycles. The lowest BCUT2D eigenvalue weighted by Gasteiger charge is -2.50. The van der Waals surface area contributed by atoms with Crippen molar-refractivity contribution in [1.29, 1.82) is 0 Å². The van der Waals surface area contributed by atoms with Crippen LogP contribution in [0, 0.1) is 0 Å². The Morgan fingerprint density at radius 2 is 1.28 bits per heavy atom. The lowest BCUT2D eigenvalue weighted by Crippen LogP contribution is -2.65. The topological polar surface area (TPSA) is 41.6 Å². The van der Waals surface area contributed by atoms with Crippen molar-refractivity contribution in [2.24, 2.45) is 0 Å². The molecule has 4 heteroatoms. The summed E-state index contributed by atoms with van der Waals surface area (Å²) in [4.78, 5) is 16.5. The summed E-state index contributed by atoms with van der Waals surface area (Å²) in [5, 5.41) is 3.77. The summed E-state index contributed by atoms with van der Waals surface area (Å²) < 4.78 is 7.21. The fourth-order valence-electron chi connectivity index (χ4n) is 7.15. The highest BCUT2D eigenvalue weighted by molar-refractivity contribution is 5.88. The maximum Gasteiger partial charge on any atom is 0.257 e. The van der Waals surface area contributed by atoms with Crippen LogP contribution >= 0.6 is 0 Å². The molecule has 2 heterocycles. The Balaban J connectivity index is 1.89. The average Bonchev–Trinajstić information content (AvgIpc) is 2.87. The minimum absolute atomic E-state index is 0.109. The Labute approximate surface area is 198 Å². The first-order valence-electron chi connectivity index (χ1n) is 14.0. The van der Waals surface area contributed by atoms with E-state index in [0.717, 1.165) is 38.6 Å². The van der Waals surface area contributed by atoms with Gasteiger partial charge in [0.15, 0.2) is 5.60 Å². The monoisotopic (exact) mass is 448 g/mol. The van der Waals surface area contributed by atoms with Gasteiger partial charge in [-0.3, -0.25) is 4.79 Å². The van der Waals surface area contributed by atoms with E-state index in [4.69, 9.17) is 4.74 Å². The lowest BCUT2D eigenvalue weighted by atomic mass is 9.72. The third kappa shape index (κ3) is 6.29. The van der Waals surface area contributed by atoms with Crippen LogP contribution in [0.3, 0.4) is 0 Å². The van der Waals surface area contributed by atoms with E-state index in [1.807, 2.05) is 0 Å². The van der Waals surface area contributed by atoms with Crippen LogP contribution in [-0.2, 0) is 9.53 Å². The van der Waals surface area contributed by atoms with Crippen molar-refractivity contribution in [3.63, 3.8) is 0 Å². The minimum atomic E-state index is -0.667. The number of piperidine rings is 1. The van der Waals surface area contributed by atoms with Gasteiger partial charge in [-0.05, 0) is 59.8 Å². The fourth-order valence-corrected chi connectivity index (χ4v) is 7.15. The summed E-state index contributed by atoms with van der Waals surface area (Å²) in [6.45, 7) is 12.1. The molecule has 0 aromatic rings. The molecule has 1 amide bonds. The molecule has 0 unspecified atom stereocenters. The second kappa shape index (κ2) is 10.8. The zero-order chi connectivity index (χ0) is 23.3. The third-order valence-corrected chi connectivity index (χ3v) is 8.01. The molecule has 3 rings (SSSR count). The number of nitrogens with zero attached hydrogens (tertiary/aromatic N) is 1. The van der Waals surface area contributed by atoms with Crippen molar-refractivity contribution >= 4 is 5.91 Å². The van der Waals surface area contributed by atoms with Crippen molar-refractivity contribution in [2.45, 2.75) is 166 Å². The molecule has 186 valence electrons. The van der Waals surface area contributed by atoms with Crippen LogP contribution in [0.4, 0.5) is 0 Å². The van der Waals surface area contributed by atoms with E-state index >= 15 is 0 Å². The lowest BCUT2D eigenvalue weighted by molar-refractivity contribution is -0.176. The molecular formula is C28H52N2O2. The third-order valence-electron chi connectivity index (χ3n) is 8.01. The number of unbranched alkanes of at least 4 members (excludes halogenated alkanes) is 3. The summed E-state index contributed by atoms with van der Waals surface area (Å²) in [6.07, 6.45) is 20.1.